The Kier molecular flexibility index (Phi) is 11.6. The molecule has 1 nitrogen and oxygen atoms in total. The lowest BCUT2D eigenvalue weighted by atomic mass is 10.2. The second kappa shape index (κ2) is 11.3. The Morgan fingerprint density at radius 1 is 1.00 bits per heavy atom. The molecule has 0 heterocycles. The monoisotopic (exact) mass is 190 g/mol. The van der Waals surface area contributed by atoms with Gasteiger partial charge in [0.1, 0.15) is 0 Å². The lowest BCUT2D eigenvalue weighted by Crippen LogP contribution is -1.97. The lowest BCUT2D eigenvalue weighted by molar-refractivity contribution is 0.131. The van der Waals surface area contributed by atoms with Gasteiger partial charge in [-0.05, 0) is 24.9 Å². The standard InChI is InChI=1S/C10H22OS/c1-3-4-5-6-8-11-9-7-10-12-2/h3-10H2,1-2H3. The zero-order chi connectivity index (χ0) is 9.07. The first-order valence-corrected chi connectivity index (χ1v) is 6.38. The molecule has 0 aliphatic carbocycles. The van der Waals surface area contributed by atoms with Gasteiger partial charge in [0.05, 0.1) is 0 Å². The third-order valence-electron chi connectivity index (χ3n) is 1.78. The van der Waals surface area contributed by atoms with Crippen molar-refractivity contribution in [1.29, 1.82) is 0 Å². The second-order valence-corrected chi connectivity index (χ2v) is 4.00. The molecule has 0 saturated heterocycles. The fourth-order valence-electron chi connectivity index (χ4n) is 1.04. The van der Waals surface area contributed by atoms with Crippen LogP contribution in [-0.4, -0.2) is 25.2 Å². The molecule has 0 radical (unpaired) electrons. The molecule has 0 unspecified atom stereocenters. The van der Waals surface area contributed by atoms with Gasteiger partial charge >= 0.3 is 0 Å². The highest BCUT2D eigenvalue weighted by Crippen LogP contribution is 2.00. The smallest absolute Gasteiger partial charge is 0.0473 e. The molecule has 0 spiro atoms. The predicted octanol–water partition coefficient (Wildman–Crippen LogP) is 3.34. The SMILES string of the molecule is CCCCCCOCCCSC. The normalized spacial score (nSPS) is 10.5. The van der Waals surface area contributed by atoms with Crippen molar-refractivity contribution in [3.05, 3.63) is 0 Å². The fourth-order valence-corrected chi connectivity index (χ4v) is 1.44. The minimum atomic E-state index is 0.951. The highest BCUT2D eigenvalue weighted by Gasteiger charge is 1.89. The van der Waals surface area contributed by atoms with Crippen molar-refractivity contribution in [3.63, 3.8) is 0 Å². The predicted molar refractivity (Wildman–Crippen MR) is 58.0 cm³/mol. The summed E-state index contributed by atoms with van der Waals surface area (Å²) in [6, 6.07) is 0. The summed E-state index contributed by atoms with van der Waals surface area (Å²) in [5, 5.41) is 0. The summed E-state index contributed by atoms with van der Waals surface area (Å²) in [6.45, 7) is 4.15. The number of hydrogen-bond acceptors (Lipinski definition) is 2. The average Bonchev–Trinajstić information content (AvgIpc) is 2.10. The van der Waals surface area contributed by atoms with Crippen LogP contribution in [-0.2, 0) is 4.74 Å². The van der Waals surface area contributed by atoms with E-state index in [1.165, 1.54) is 37.9 Å². The van der Waals surface area contributed by atoms with Gasteiger partial charge in [-0.25, -0.2) is 0 Å². The van der Waals surface area contributed by atoms with Gasteiger partial charge in [0.15, 0.2) is 0 Å². The zero-order valence-electron chi connectivity index (χ0n) is 8.47. The van der Waals surface area contributed by atoms with Crippen molar-refractivity contribution in [2.24, 2.45) is 0 Å². The van der Waals surface area contributed by atoms with Crippen LogP contribution in [0.15, 0.2) is 0 Å². The van der Waals surface area contributed by atoms with Crippen LogP contribution >= 0.6 is 11.8 Å². The van der Waals surface area contributed by atoms with E-state index >= 15 is 0 Å². The topological polar surface area (TPSA) is 9.23 Å². The van der Waals surface area contributed by atoms with Gasteiger partial charge in [-0.1, -0.05) is 26.2 Å². The molecule has 0 aromatic carbocycles. The summed E-state index contributed by atoms with van der Waals surface area (Å²) in [5.74, 6) is 1.23. The summed E-state index contributed by atoms with van der Waals surface area (Å²) in [7, 11) is 0. The van der Waals surface area contributed by atoms with E-state index in [1.807, 2.05) is 11.8 Å². The van der Waals surface area contributed by atoms with Gasteiger partial charge in [0, 0.05) is 13.2 Å². The Morgan fingerprint density at radius 3 is 2.42 bits per heavy atom. The van der Waals surface area contributed by atoms with Crippen molar-refractivity contribution in [3.8, 4) is 0 Å². The molecule has 0 saturated carbocycles. The molecule has 12 heavy (non-hydrogen) atoms. The molecule has 0 fully saturated rings. The minimum Gasteiger partial charge on any atom is -0.381 e. The molecule has 2 heteroatoms. The van der Waals surface area contributed by atoms with Crippen LogP contribution in [0, 0.1) is 0 Å². The fraction of sp³-hybridized carbons (Fsp3) is 1.00. The zero-order valence-corrected chi connectivity index (χ0v) is 9.29. The Labute approximate surface area is 81.3 Å². The van der Waals surface area contributed by atoms with Gasteiger partial charge in [0.25, 0.3) is 0 Å². The third kappa shape index (κ3) is 10.3. The highest BCUT2D eigenvalue weighted by molar-refractivity contribution is 7.98. The minimum absolute atomic E-state index is 0.951. The van der Waals surface area contributed by atoms with Crippen LogP contribution in [0.3, 0.4) is 0 Å². The van der Waals surface area contributed by atoms with Crippen molar-refractivity contribution in [1.82, 2.24) is 0 Å². The van der Waals surface area contributed by atoms with E-state index in [1.54, 1.807) is 0 Å². The summed E-state index contributed by atoms with van der Waals surface area (Å²) < 4.78 is 5.47. The highest BCUT2D eigenvalue weighted by atomic mass is 32.2. The second-order valence-electron chi connectivity index (χ2n) is 3.02. The number of rotatable bonds is 9. The molecule has 74 valence electrons. The van der Waals surface area contributed by atoms with E-state index in [2.05, 4.69) is 13.2 Å². The van der Waals surface area contributed by atoms with Gasteiger partial charge in [-0.15, -0.1) is 0 Å². The van der Waals surface area contributed by atoms with Crippen LogP contribution in [0.4, 0.5) is 0 Å². The molecule has 0 bridgehead atoms. The van der Waals surface area contributed by atoms with Crippen LogP contribution in [0.2, 0.25) is 0 Å². The largest absolute Gasteiger partial charge is 0.381 e. The molecule has 0 N–H and O–H groups in total. The van der Waals surface area contributed by atoms with E-state index in [0.717, 1.165) is 13.2 Å². The summed E-state index contributed by atoms with van der Waals surface area (Å²) in [4.78, 5) is 0. The maximum absolute atomic E-state index is 5.47. The Bertz CT molecular complexity index is 66.2. The van der Waals surface area contributed by atoms with E-state index in [4.69, 9.17) is 4.74 Å². The molecular formula is C10H22OS. The molecular weight excluding hydrogens is 168 g/mol. The van der Waals surface area contributed by atoms with Crippen LogP contribution in [0.5, 0.6) is 0 Å². The summed E-state index contributed by atoms with van der Waals surface area (Å²) in [5.41, 5.74) is 0. The first-order chi connectivity index (χ1) is 5.91. The summed E-state index contributed by atoms with van der Waals surface area (Å²) in [6.07, 6.45) is 8.59. The van der Waals surface area contributed by atoms with E-state index in [-0.39, 0.29) is 0 Å². The van der Waals surface area contributed by atoms with Gasteiger partial charge in [-0.3, -0.25) is 0 Å². The number of thioether (sulfide) groups is 1. The average molecular weight is 190 g/mol. The van der Waals surface area contributed by atoms with Crippen LogP contribution in [0.1, 0.15) is 39.0 Å². The van der Waals surface area contributed by atoms with E-state index < -0.39 is 0 Å². The number of unbranched alkanes of at least 4 members (excludes halogenated alkanes) is 3. The first kappa shape index (κ1) is 12.3. The maximum atomic E-state index is 5.47. The van der Waals surface area contributed by atoms with Crippen LogP contribution < -0.4 is 0 Å². The van der Waals surface area contributed by atoms with E-state index in [9.17, 15) is 0 Å². The molecule has 0 rings (SSSR count). The number of hydrogen-bond donors (Lipinski definition) is 0. The van der Waals surface area contributed by atoms with Crippen molar-refractivity contribution >= 4 is 11.8 Å². The molecule has 0 amide bonds. The third-order valence-corrected chi connectivity index (χ3v) is 2.48. The Balaban J connectivity index is 2.73. The van der Waals surface area contributed by atoms with Crippen molar-refractivity contribution in [2.45, 2.75) is 39.0 Å². The van der Waals surface area contributed by atoms with E-state index in [0.29, 0.717) is 0 Å². The molecule has 0 aromatic heterocycles. The van der Waals surface area contributed by atoms with Crippen molar-refractivity contribution < 1.29 is 4.74 Å². The van der Waals surface area contributed by atoms with Gasteiger partial charge < -0.3 is 4.74 Å². The molecule has 0 atom stereocenters. The number of ether oxygens (including phenoxy) is 1. The van der Waals surface area contributed by atoms with Crippen LogP contribution in [0.25, 0.3) is 0 Å². The Morgan fingerprint density at radius 2 is 1.75 bits per heavy atom. The Hall–Kier alpha value is 0.310. The molecule has 0 aliphatic rings. The molecule has 0 aromatic rings. The molecule has 0 aliphatic heterocycles. The van der Waals surface area contributed by atoms with Crippen molar-refractivity contribution in [2.75, 3.05) is 25.2 Å². The van der Waals surface area contributed by atoms with Gasteiger partial charge in [-0.2, -0.15) is 11.8 Å². The summed E-state index contributed by atoms with van der Waals surface area (Å²) >= 11 is 1.89. The quantitative estimate of drug-likeness (QED) is 0.516. The first-order valence-electron chi connectivity index (χ1n) is 4.98. The maximum Gasteiger partial charge on any atom is 0.0473 e. The lowest BCUT2D eigenvalue weighted by Gasteiger charge is -2.02. The van der Waals surface area contributed by atoms with Gasteiger partial charge in [0.2, 0.25) is 0 Å².